The van der Waals surface area contributed by atoms with E-state index in [9.17, 15) is 9.59 Å². The van der Waals surface area contributed by atoms with Crippen molar-refractivity contribution in [3.63, 3.8) is 0 Å². The number of aromatic nitrogens is 1. The molecule has 0 bridgehead atoms. The van der Waals surface area contributed by atoms with Gasteiger partial charge in [-0.3, -0.25) is 4.79 Å². The SMILES string of the molecule is [B]c1c[nH]c(=O)c(C(=O)O)c1. The van der Waals surface area contributed by atoms with E-state index in [-0.39, 0.29) is 11.0 Å². The lowest BCUT2D eigenvalue weighted by atomic mass is 9.97. The van der Waals surface area contributed by atoms with E-state index in [2.05, 4.69) is 4.98 Å². The standard InChI is InChI=1S/C6H4BNO3/c7-3-1-4(6(10)11)5(9)8-2-3/h1-2H,(H,8,9)(H,10,11). The minimum atomic E-state index is -1.28. The van der Waals surface area contributed by atoms with E-state index in [1.165, 1.54) is 6.20 Å². The van der Waals surface area contributed by atoms with E-state index in [1.807, 2.05) is 0 Å². The molecule has 0 fully saturated rings. The van der Waals surface area contributed by atoms with Crippen LogP contribution in [-0.2, 0) is 0 Å². The molecule has 54 valence electrons. The highest BCUT2D eigenvalue weighted by Crippen LogP contribution is 1.84. The second kappa shape index (κ2) is 2.61. The van der Waals surface area contributed by atoms with Crippen molar-refractivity contribution in [3.8, 4) is 0 Å². The normalized spacial score (nSPS) is 9.45. The molecule has 5 heteroatoms. The van der Waals surface area contributed by atoms with Crippen molar-refractivity contribution in [2.75, 3.05) is 0 Å². The maximum absolute atomic E-state index is 10.7. The summed E-state index contributed by atoms with van der Waals surface area (Å²) < 4.78 is 0. The first-order valence-electron chi connectivity index (χ1n) is 2.83. The average Bonchev–Trinajstić information content (AvgIpc) is 1.94. The van der Waals surface area contributed by atoms with Crippen LogP contribution in [0.15, 0.2) is 17.1 Å². The predicted molar refractivity (Wildman–Crippen MR) is 39.4 cm³/mol. The molecule has 1 heterocycles. The number of aromatic amines is 1. The van der Waals surface area contributed by atoms with E-state index in [0.717, 1.165) is 6.07 Å². The Morgan fingerprint density at radius 2 is 2.27 bits per heavy atom. The summed E-state index contributed by atoms with van der Waals surface area (Å²) in [5.41, 5.74) is -0.765. The van der Waals surface area contributed by atoms with Crippen molar-refractivity contribution in [2.24, 2.45) is 0 Å². The number of H-pyrrole nitrogens is 1. The van der Waals surface area contributed by atoms with Crippen molar-refractivity contribution in [2.45, 2.75) is 0 Å². The Morgan fingerprint density at radius 3 is 2.73 bits per heavy atom. The lowest BCUT2D eigenvalue weighted by Gasteiger charge is -1.93. The molecule has 0 aliphatic carbocycles. The Morgan fingerprint density at radius 1 is 1.64 bits per heavy atom. The zero-order valence-electron chi connectivity index (χ0n) is 5.50. The summed E-state index contributed by atoms with van der Waals surface area (Å²) in [6, 6.07) is 1.11. The number of carboxylic acids is 1. The third kappa shape index (κ3) is 1.49. The molecular weight excluding hydrogens is 145 g/mol. The van der Waals surface area contributed by atoms with E-state index >= 15 is 0 Å². The molecule has 4 nitrogen and oxygen atoms in total. The maximum atomic E-state index is 10.7. The number of hydrogen-bond donors (Lipinski definition) is 2. The van der Waals surface area contributed by atoms with Crippen LogP contribution in [0.25, 0.3) is 0 Å². The number of hydrogen-bond acceptors (Lipinski definition) is 2. The zero-order valence-corrected chi connectivity index (χ0v) is 5.50. The number of carboxylic acid groups (broad SMARTS) is 1. The first kappa shape index (κ1) is 7.59. The molecule has 0 aliphatic heterocycles. The van der Waals surface area contributed by atoms with Crippen molar-refractivity contribution in [1.82, 2.24) is 4.98 Å². The average molecular weight is 149 g/mol. The molecule has 0 saturated heterocycles. The Kier molecular flexibility index (Phi) is 1.80. The van der Waals surface area contributed by atoms with E-state index < -0.39 is 11.5 Å². The molecule has 2 radical (unpaired) electrons. The van der Waals surface area contributed by atoms with Crippen molar-refractivity contribution >= 4 is 19.3 Å². The van der Waals surface area contributed by atoms with Gasteiger partial charge in [0.25, 0.3) is 5.56 Å². The number of carbonyl (C=O) groups is 1. The van der Waals surface area contributed by atoms with Crippen LogP contribution < -0.4 is 11.0 Å². The summed E-state index contributed by atoms with van der Waals surface area (Å²) in [5, 5.41) is 8.41. The maximum Gasteiger partial charge on any atom is 0.341 e. The van der Waals surface area contributed by atoms with Gasteiger partial charge in [-0.15, -0.1) is 0 Å². The topological polar surface area (TPSA) is 70.2 Å². The minimum absolute atomic E-state index is 0.224. The second-order valence-electron chi connectivity index (χ2n) is 1.98. The molecule has 0 aromatic carbocycles. The highest BCUT2D eigenvalue weighted by Gasteiger charge is 2.06. The van der Waals surface area contributed by atoms with Crippen molar-refractivity contribution in [3.05, 3.63) is 28.2 Å². The Balaban J connectivity index is 3.35. The Bertz CT molecular complexity index is 344. The Hall–Kier alpha value is -1.52. The third-order valence-electron chi connectivity index (χ3n) is 1.16. The molecule has 1 rings (SSSR count). The van der Waals surface area contributed by atoms with Gasteiger partial charge in [0, 0.05) is 0 Å². The largest absolute Gasteiger partial charge is 0.477 e. The van der Waals surface area contributed by atoms with Gasteiger partial charge in [-0.05, 0) is 12.3 Å². The van der Waals surface area contributed by atoms with Crippen molar-refractivity contribution in [1.29, 1.82) is 0 Å². The van der Waals surface area contributed by atoms with Gasteiger partial charge in [0.15, 0.2) is 0 Å². The molecule has 0 aliphatic rings. The first-order chi connectivity index (χ1) is 5.11. The van der Waals surface area contributed by atoms with E-state index in [4.69, 9.17) is 13.0 Å². The molecule has 0 unspecified atom stereocenters. The van der Waals surface area contributed by atoms with Gasteiger partial charge < -0.3 is 10.1 Å². The van der Waals surface area contributed by atoms with Gasteiger partial charge in [-0.2, -0.15) is 0 Å². The van der Waals surface area contributed by atoms with Gasteiger partial charge >= 0.3 is 5.97 Å². The number of nitrogens with one attached hydrogen (secondary N) is 1. The van der Waals surface area contributed by atoms with Crippen LogP contribution in [0.4, 0.5) is 0 Å². The van der Waals surface area contributed by atoms with Crippen LogP contribution in [-0.4, -0.2) is 23.9 Å². The van der Waals surface area contributed by atoms with Crippen LogP contribution >= 0.6 is 0 Å². The third-order valence-corrected chi connectivity index (χ3v) is 1.16. The molecule has 0 spiro atoms. The molecular formula is C6H4BNO3. The fourth-order valence-electron chi connectivity index (χ4n) is 0.659. The molecule has 0 amide bonds. The second-order valence-corrected chi connectivity index (χ2v) is 1.98. The first-order valence-corrected chi connectivity index (χ1v) is 2.83. The molecule has 1 aromatic rings. The molecule has 0 saturated carbocycles. The molecule has 1 aromatic heterocycles. The quantitative estimate of drug-likeness (QED) is 0.496. The fraction of sp³-hybridized carbons (Fsp3) is 0. The number of aromatic carboxylic acids is 1. The summed E-state index contributed by atoms with van der Waals surface area (Å²) in [7, 11) is 5.23. The molecule has 0 atom stereocenters. The smallest absolute Gasteiger partial charge is 0.341 e. The van der Waals surface area contributed by atoms with Gasteiger partial charge in [0.05, 0.1) is 0 Å². The Labute approximate surface area is 63.3 Å². The van der Waals surface area contributed by atoms with E-state index in [1.54, 1.807) is 0 Å². The van der Waals surface area contributed by atoms with Crippen LogP contribution in [0.5, 0.6) is 0 Å². The van der Waals surface area contributed by atoms with Gasteiger partial charge in [0.1, 0.15) is 13.4 Å². The summed E-state index contributed by atoms with van der Waals surface area (Å²) in [5.74, 6) is -1.28. The number of pyridine rings is 1. The summed E-state index contributed by atoms with van der Waals surface area (Å²) >= 11 is 0. The molecule has 2 N–H and O–H groups in total. The van der Waals surface area contributed by atoms with E-state index in [0.29, 0.717) is 0 Å². The highest BCUT2D eigenvalue weighted by atomic mass is 16.4. The van der Waals surface area contributed by atoms with Crippen LogP contribution in [0.1, 0.15) is 10.4 Å². The predicted octanol–water partition coefficient (Wildman–Crippen LogP) is -1.13. The van der Waals surface area contributed by atoms with Crippen LogP contribution in [0, 0.1) is 0 Å². The van der Waals surface area contributed by atoms with Gasteiger partial charge in [-0.1, -0.05) is 5.46 Å². The zero-order chi connectivity index (χ0) is 8.43. The lowest BCUT2D eigenvalue weighted by molar-refractivity contribution is 0.0695. The highest BCUT2D eigenvalue weighted by molar-refractivity contribution is 6.32. The van der Waals surface area contributed by atoms with Crippen LogP contribution in [0.3, 0.4) is 0 Å². The van der Waals surface area contributed by atoms with Gasteiger partial charge in [-0.25, -0.2) is 4.79 Å². The molecule has 11 heavy (non-hydrogen) atoms. The van der Waals surface area contributed by atoms with Gasteiger partial charge in [0.2, 0.25) is 0 Å². The summed E-state index contributed by atoms with van der Waals surface area (Å²) in [4.78, 5) is 23.2. The minimum Gasteiger partial charge on any atom is -0.477 e. The summed E-state index contributed by atoms with van der Waals surface area (Å²) in [6.07, 6.45) is 1.24. The monoisotopic (exact) mass is 149 g/mol. The fourth-order valence-corrected chi connectivity index (χ4v) is 0.659. The lowest BCUT2D eigenvalue weighted by Crippen LogP contribution is -2.21. The van der Waals surface area contributed by atoms with Crippen LogP contribution in [0.2, 0.25) is 0 Å². The summed E-state index contributed by atoms with van der Waals surface area (Å²) in [6.45, 7) is 0. The number of rotatable bonds is 1. The van der Waals surface area contributed by atoms with Crippen molar-refractivity contribution < 1.29 is 9.90 Å².